The van der Waals surface area contributed by atoms with Crippen molar-refractivity contribution in [3.8, 4) is 5.75 Å². The summed E-state index contributed by atoms with van der Waals surface area (Å²) in [5.41, 5.74) is 0.892. The minimum Gasteiger partial charge on any atom is -0.490 e. The number of para-hydroxylation sites is 1. The van der Waals surface area contributed by atoms with E-state index in [-0.39, 0.29) is 12.0 Å². The van der Waals surface area contributed by atoms with Crippen molar-refractivity contribution in [1.29, 1.82) is 0 Å². The molecule has 16 heavy (non-hydrogen) atoms. The maximum atomic E-state index is 10.0. The Morgan fingerprint density at radius 2 is 2.25 bits per heavy atom. The fraction of sp³-hybridized carbons (Fsp3) is 0.538. The molecular weight excluding hydrogens is 204 g/mol. The van der Waals surface area contributed by atoms with Crippen molar-refractivity contribution in [3.05, 3.63) is 29.8 Å². The molecule has 2 unspecified atom stereocenters. The Hall–Kier alpha value is -1.06. The third-order valence-electron chi connectivity index (χ3n) is 3.08. The van der Waals surface area contributed by atoms with Gasteiger partial charge in [-0.3, -0.25) is 0 Å². The molecule has 1 aliphatic rings. The summed E-state index contributed by atoms with van der Waals surface area (Å²) in [5.74, 6) is 1.09. The van der Waals surface area contributed by atoms with E-state index in [0.717, 1.165) is 11.3 Å². The zero-order chi connectivity index (χ0) is 11.5. The first-order valence-corrected chi connectivity index (χ1v) is 5.65. The molecule has 1 heterocycles. The van der Waals surface area contributed by atoms with Crippen molar-refractivity contribution in [2.45, 2.75) is 25.6 Å². The van der Waals surface area contributed by atoms with Crippen LogP contribution in [0.3, 0.4) is 0 Å². The summed E-state index contributed by atoms with van der Waals surface area (Å²) >= 11 is 0. The molecule has 0 saturated heterocycles. The summed E-state index contributed by atoms with van der Waals surface area (Å²) in [6, 6.07) is 7.67. The molecule has 2 rings (SSSR count). The summed E-state index contributed by atoms with van der Waals surface area (Å²) in [6.07, 6.45) is 0.251. The molecule has 3 heteroatoms. The summed E-state index contributed by atoms with van der Waals surface area (Å²) in [7, 11) is 1.68. The number of aliphatic hydroxyl groups excluding tert-OH is 1. The van der Waals surface area contributed by atoms with Crippen LogP contribution >= 0.6 is 0 Å². The quantitative estimate of drug-likeness (QED) is 0.851. The van der Waals surface area contributed by atoms with Crippen LogP contribution in [-0.2, 0) is 4.74 Å². The molecule has 0 amide bonds. The number of ether oxygens (including phenoxy) is 2. The Bertz CT molecular complexity index is 351. The second-order valence-corrected chi connectivity index (χ2v) is 4.38. The van der Waals surface area contributed by atoms with Gasteiger partial charge in [0.1, 0.15) is 11.9 Å². The first kappa shape index (κ1) is 11.4. The number of benzene rings is 1. The highest BCUT2D eigenvalue weighted by Crippen LogP contribution is 2.36. The average molecular weight is 222 g/mol. The molecule has 0 fully saturated rings. The number of aliphatic hydroxyl groups is 1. The Morgan fingerprint density at radius 3 is 3.00 bits per heavy atom. The lowest BCUT2D eigenvalue weighted by Crippen LogP contribution is -2.33. The topological polar surface area (TPSA) is 38.7 Å². The van der Waals surface area contributed by atoms with Crippen molar-refractivity contribution >= 4 is 0 Å². The van der Waals surface area contributed by atoms with Crippen molar-refractivity contribution in [1.82, 2.24) is 0 Å². The summed E-state index contributed by atoms with van der Waals surface area (Å²) in [6.45, 7) is 2.73. The van der Waals surface area contributed by atoms with Gasteiger partial charge in [0.05, 0.1) is 12.7 Å². The van der Waals surface area contributed by atoms with Gasteiger partial charge < -0.3 is 14.6 Å². The van der Waals surface area contributed by atoms with Gasteiger partial charge in [-0.2, -0.15) is 0 Å². The second-order valence-electron chi connectivity index (χ2n) is 4.38. The lowest BCUT2D eigenvalue weighted by atomic mass is 9.93. The molecule has 0 spiro atoms. The van der Waals surface area contributed by atoms with E-state index < -0.39 is 6.10 Å². The van der Waals surface area contributed by atoms with Crippen LogP contribution in [-0.4, -0.2) is 24.9 Å². The van der Waals surface area contributed by atoms with Gasteiger partial charge in [-0.15, -0.1) is 0 Å². The largest absolute Gasteiger partial charge is 0.490 e. The van der Waals surface area contributed by atoms with Crippen LogP contribution in [0.25, 0.3) is 0 Å². The van der Waals surface area contributed by atoms with Gasteiger partial charge in [0.25, 0.3) is 0 Å². The van der Waals surface area contributed by atoms with E-state index in [4.69, 9.17) is 9.47 Å². The first-order valence-electron chi connectivity index (χ1n) is 5.65. The highest BCUT2D eigenvalue weighted by molar-refractivity contribution is 5.36. The standard InChI is InChI=1S/C13H18O3/c1-9(8-15-2)13-7-11(14)10-5-3-4-6-12(10)16-13/h3-6,9,11,13-14H,7-8H2,1-2H3/t9?,11-,13?/m0/s1. The normalized spacial score (nSPS) is 25.7. The molecule has 1 aliphatic heterocycles. The van der Waals surface area contributed by atoms with Gasteiger partial charge in [0.15, 0.2) is 0 Å². The van der Waals surface area contributed by atoms with E-state index in [0.29, 0.717) is 13.0 Å². The molecule has 3 atom stereocenters. The van der Waals surface area contributed by atoms with Crippen LogP contribution in [0, 0.1) is 5.92 Å². The minimum atomic E-state index is -0.422. The maximum absolute atomic E-state index is 10.0. The Kier molecular flexibility index (Phi) is 3.46. The van der Waals surface area contributed by atoms with Crippen LogP contribution in [0.4, 0.5) is 0 Å². The van der Waals surface area contributed by atoms with Crippen LogP contribution in [0.2, 0.25) is 0 Å². The van der Waals surface area contributed by atoms with E-state index >= 15 is 0 Å². The van der Waals surface area contributed by atoms with Crippen molar-refractivity contribution in [2.75, 3.05) is 13.7 Å². The van der Waals surface area contributed by atoms with Gasteiger partial charge in [-0.25, -0.2) is 0 Å². The monoisotopic (exact) mass is 222 g/mol. The van der Waals surface area contributed by atoms with E-state index in [1.807, 2.05) is 24.3 Å². The fourth-order valence-electron chi connectivity index (χ4n) is 2.14. The third-order valence-corrected chi connectivity index (χ3v) is 3.08. The Morgan fingerprint density at radius 1 is 1.50 bits per heavy atom. The number of fused-ring (bicyclic) bond motifs is 1. The molecular formula is C13H18O3. The number of hydrogen-bond acceptors (Lipinski definition) is 3. The molecule has 1 aromatic rings. The highest BCUT2D eigenvalue weighted by atomic mass is 16.5. The number of methoxy groups -OCH3 is 1. The Balaban J connectivity index is 2.14. The molecule has 0 aliphatic carbocycles. The number of hydrogen-bond donors (Lipinski definition) is 1. The van der Waals surface area contributed by atoms with E-state index in [1.54, 1.807) is 7.11 Å². The second kappa shape index (κ2) is 4.85. The van der Waals surface area contributed by atoms with Crippen molar-refractivity contribution < 1.29 is 14.6 Å². The van der Waals surface area contributed by atoms with Crippen LogP contribution in [0.5, 0.6) is 5.75 Å². The molecule has 0 saturated carbocycles. The Labute approximate surface area is 96.0 Å². The molecule has 0 aromatic heterocycles. The van der Waals surface area contributed by atoms with Crippen molar-refractivity contribution in [2.24, 2.45) is 5.92 Å². The lowest BCUT2D eigenvalue weighted by Gasteiger charge is -2.32. The van der Waals surface area contributed by atoms with E-state index in [9.17, 15) is 5.11 Å². The lowest BCUT2D eigenvalue weighted by molar-refractivity contribution is 0.0137. The van der Waals surface area contributed by atoms with Gasteiger partial charge >= 0.3 is 0 Å². The third kappa shape index (κ3) is 2.20. The molecule has 0 radical (unpaired) electrons. The minimum absolute atomic E-state index is 0.0323. The predicted octanol–water partition coefficient (Wildman–Crippen LogP) is 2.15. The van der Waals surface area contributed by atoms with E-state index in [1.165, 1.54) is 0 Å². The molecule has 88 valence electrons. The SMILES string of the molecule is COCC(C)C1C[C@H](O)c2ccccc2O1. The van der Waals surface area contributed by atoms with Crippen LogP contribution < -0.4 is 4.74 Å². The molecule has 3 nitrogen and oxygen atoms in total. The van der Waals surface area contributed by atoms with E-state index in [2.05, 4.69) is 6.92 Å². The van der Waals surface area contributed by atoms with Crippen LogP contribution in [0.15, 0.2) is 24.3 Å². The smallest absolute Gasteiger partial charge is 0.125 e. The van der Waals surface area contributed by atoms with Gasteiger partial charge in [-0.1, -0.05) is 25.1 Å². The molecule has 1 aromatic carbocycles. The fourth-order valence-corrected chi connectivity index (χ4v) is 2.14. The summed E-state index contributed by atoms with van der Waals surface area (Å²) in [5, 5.41) is 10.0. The van der Waals surface area contributed by atoms with Crippen molar-refractivity contribution in [3.63, 3.8) is 0 Å². The maximum Gasteiger partial charge on any atom is 0.125 e. The van der Waals surface area contributed by atoms with Gasteiger partial charge in [0.2, 0.25) is 0 Å². The predicted molar refractivity (Wildman–Crippen MR) is 61.5 cm³/mol. The van der Waals surface area contributed by atoms with Gasteiger partial charge in [-0.05, 0) is 6.07 Å². The zero-order valence-corrected chi connectivity index (χ0v) is 9.72. The van der Waals surface area contributed by atoms with Gasteiger partial charge in [0, 0.05) is 25.0 Å². The molecule has 1 N–H and O–H groups in total. The van der Waals surface area contributed by atoms with Crippen LogP contribution in [0.1, 0.15) is 25.0 Å². The summed E-state index contributed by atoms with van der Waals surface area (Å²) < 4.78 is 11.0. The summed E-state index contributed by atoms with van der Waals surface area (Å²) in [4.78, 5) is 0. The molecule has 0 bridgehead atoms. The highest BCUT2D eigenvalue weighted by Gasteiger charge is 2.30. The number of rotatable bonds is 3. The average Bonchev–Trinajstić information content (AvgIpc) is 2.29. The zero-order valence-electron chi connectivity index (χ0n) is 9.72. The first-order chi connectivity index (χ1) is 7.72.